The molecule has 0 unspecified atom stereocenters. The van der Waals surface area contributed by atoms with Crippen molar-refractivity contribution in [2.24, 2.45) is 7.05 Å². The maximum Gasteiger partial charge on any atom is 0.337 e. The molecule has 2 N–H and O–H groups in total. The van der Waals surface area contributed by atoms with Crippen molar-refractivity contribution < 1.29 is 24.3 Å². The number of phenols is 1. The molecule has 0 aliphatic rings. The van der Waals surface area contributed by atoms with Gasteiger partial charge >= 0.3 is 5.97 Å². The number of aromatic hydroxyl groups is 1. The standard InChI is InChI=1S/C21H22N2O5/c1-3-17-19(22-28-20(17)13-4-6-15(24)7-5-13)9-8-16(25)10-14-11-23(2)12-18(14)21(26)27/h4-7,11-12,24H,3,8-10H2,1-2H3,(H,26,27). The normalized spacial score (nSPS) is 10.9. The number of hydrogen-bond donors (Lipinski definition) is 2. The molecule has 0 fully saturated rings. The highest BCUT2D eigenvalue weighted by Gasteiger charge is 2.19. The van der Waals surface area contributed by atoms with Crippen LogP contribution in [0, 0.1) is 0 Å². The van der Waals surface area contributed by atoms with Crippen LogP contribution in [0.2, 0.25) is 0 Å². The second-order valence-electron chi connectivity index (χ2n) is 6.72. The van der Waals surface area contributed by atoms with Crippen LogP contribution >= 0.6 is 0 Å². The zero-order valence-corrected chi connectivity index (χ0v) is 15.8. The lowest BCUT2D eigenvalue weighted by atomic mass is 9.99. The van der Waals surface area contributed by atoms with Crippen LogP contribution in [0.3, 0.4) is 0 Å². The Morgan fingerprint density at radius 1 is 1.18 bits per heavy atom. The Labute approximate surface area is 162 Å². The third-order valence-corrected chi connectivity index (χ3v) is 4.65. The van der Waals surface area contributed by atoms with E-state index in [-0.39, 0.29) is 29.9 Å². The lowest BCUT2D eigenvalue weighted by Gasteiger charge is -2.03. The van der Waals surface area contributed by atoms with Crippen molar-refractivity contribution in [2.75, 3.05) is 0 Å². The Hall–Kier alpha value is -3.35. The van der Waals surface area contributed by atoms with Gasteiger partial charge in [0, 0.05) is 49.8 Å². The second kappa shape index (κ2) is 8.12. The van der Waals surface area contributed by atoms with Crippen molar-refractivity contribution in [3.8, 4) is 17.1 Å². The average molecular weight is 382 g/mol. The van der Waals surface area contributed by atoms with Crippen molar-refractivity contribution in [3.63, 3.8) is 0 Å². The van der Waals surface area contributed by atoms with Gasteiger partial charge in [0.15, 0.2) is 5.76 Å². The number of aromatic nitrogens is 2. The Balaban J connectivity index is 1.70. The lowest BCUT2D eigenvalue weighted by Crippen LogP contribution is -2.08. The number of rotatable bonds is 8. The molecule has 0 saturated heterocycles. The number of benzene rings is 1. The number of carboxylic acid groups (broad SMARTS) is 1. The fraction of sp³-hybridized carbons (Fsp3) is 0.286. The summed E-state index contributed by atoms with van der Waals surface area (Å²) < 4.78 is 7.13. The topological polar surface area (TPSA) is 106 Å². The summed E-state index contributed by atoms with van der Waals surface area (Å²) in [6.45, 7) is 1.99. The van der Waals surface area contributed by atoms with Crippen LogP contribution in [0.5, 0.6) is 5.75 Å². The molecule has 0 bridgehead atoms. The molecule has 0 amide bonds. The largest absolute Gasteiger partial charge is 0.508 e. The van der Waals surface area contributed by atoms with E-state index in [1.807, 2.05) is 6.92 Å². The maximum absolute atomic E-state index is 12.4. The zero-order valence-electron chi connectivity index (χ0n) is 15.8. The minimum absolute atomic E-state index is 0.0510. The second-order valence-corrected chi connectivity index (χ2v) is 6.72. The van der Waals surface area contributed by atoms with E-state index in [0.29, 0.717) is 24.2 Å². The fourth-order valence-electron chi connectivity index (χ4n) is 3.27. The Morgan fingerprint density at radius 3 is 2.54 bits per heavy atom. The summed E-state index contributed by atoms with van der Waals surface area (Å²) in [5, 5.41) is 22.8. The highest BCUT2D eigenvalue weighted by atomic mass is 16.5. The third kappa shape index (κ3) is 4.14. The van der Waals surface area contributed by atoms with Gasteiger partial charge in [-0.05, 0) is 36.2 Å². The van der Waals surface area contributed by atoms with Gasteiger partial charge in [0.2, 0.25) is 0 Å². The minimum Gasteiger partial charge on any atom is -0.508 e. The maximum atomic E-state index is 12.4. The molecule has 3 rings (SSSR count). The Kier molecular flexibility index (Phi) is 5.63. The molecule has 3 aromatic rings. The number of aromatic carboxylic acids is 1. The van der Waals surface area contributed by atoms with Crippen LogP contribution in [-0.2, 0) is 31.1 Å². The predicted molar refractivity (Wildman–Crippen MR) is 102 cm³/mol. The molecule has 2 aromatic heterocycles. The summed E-state index contributed by atoms with van der Waals surface area (Å²) in [4.78, 5) is 23.7. The van der Waals surface area contributed by atoms with Crippen molar-refractivity contribution in [1.82, 2.24) is 9.72 Å². The van der Waals surface area contributed by atoms with Crippen LogP contribution in [0.25, 0.3) is 11.3 Å². The number of hydrogen-bond acceptors (Lipinski definition) is 5. The van der Waals surface area contributed by atoms with E-state index < -0.39 is 5.97 Å². The molecule has 0 aliphatic heterocycles. The van der Waals surface area contributed by atoms with Gasteiger partial charge in [0.1, 0.15) is 11.5 Å². The van der Waals surface area contributed by atoms with Crippen molar-refractivity contribution >= 4 is 11.8 Å². The molecule has 2 heterocycles. The van der Waals surface area contributed by atoms with Crippen LogP contribution in [0.1, 0.15) is 40.5 Å². The van der Waals surface area contributed by atoms with E-state index in [1.54, 1.807) is 42.1 Å². The average Bonchev–Trinajstić information content (AvgIpc) is 3.23. The lowest BCUT2D eigenvalue weighted by molar-refractivity contribution is -0.118. The summed E-state index contributed by atoms with van der Waals surface area (Å²) in [5.74, 6) is -0.272. The summed E-state index contributed by atoms with van der Waals surface area (Å²) in [5.41, 5.74) is 3.15. The van der Waals surface area contributed by atoms with E-state index in [0.717, 1.165) is 16.8 Å². The number of carbonyl (C=O) groups is 2. The van der Waals surface area contributed by atoms with E-state index in [9.17, 15) is 19.8 Å². The Morgan fingerprint density at radius 2 is 1.89 bits per heavy atom. The summed E-state index contributed by atoms with van der Waals surface area (Å²) >= 11 is 0. The number of carbonyl (C=O) groups excluding carboxylic acids is 1. The van der Waals surface area contributed by atoms with Crippen molar-refractivity contribution in [3.05, 3.63) is 59.0 Å². The molecule has 1 aromatic carbocycles. The van der Waals surface area contributed by atoms with Gasteiger partial charge in [-0.15, -0.1) is 0 Å². The summed E-state index contributed by atoms with van der Waals surface area (Å²) in [6.07, 6.45) is 4.62. The van der Waals surface area contributed by atoms with Crippen LogP contribution in [0.15, 0.2) is 41.2 Å². The molecule has 0 radical (unpaired) electrons. The van der Waals surface area contributed by atoms with Gasteiger partial charge in [-0.3, -0.25) is 4.79 Å². The van der Waals surface area contributed by atoms with Crippen molar-refractivity contribution in [1.29, 1.82) is 0 Å². The first-order valence-corrected chi connectivity index (χ1v) is 9.05. The quantitative estimate of drug-likeness (QED) is 0.619. The minimum atomic E-state index is -1.04. The number of ketones is 1. The van der Waals surface area contributed by atoms with Gasteiger partial charge < -0.3 is 19.3 Å². The molecule has 7 heteroatoms. The SMILES string of the molecule is CCc1c(CCC(=O)Cc2cn(C)cc2C(=O)O)noc1-c1ccc(O)cc1. The van der Waals surface area contributed by atoms with Gasteiger partial charge in [-0.25, -0.2) is 4.79 Å². The summed E-state index contributed by atoms with van der Waals surface area (Å²) in [6, 6.07) is 6.68. The smallest absolute Gasteiger partial charge is 0.337 e. The molecular formula is C21H22N2O5. The van der Waals surface area contributed by atoms with E-state index in [4.69, 9.17) is 4.52 Å². The van der Waals surface area contributed by atoms with Gasteiger partial charge in [-0.2, -0.15) is 0 Å². The highest BCUT2D eigenvalue weighted by molar-refractivity contribution is 5.92. The van der Waals surface area contributed by atoms with Crippen LogP contribution in [-0.4, -0.2) is 31.7 Å². The number of carboxylic acids is 1. The molecule has 0 aliphatic carbocycles. The molecule has 0 saturated carbocycles. The van der Waals surface area contributed by atoms with E-state index >= 15 is 0 Å². The number of phenolic OH excluding ortho intramolecular Hbond substituents is 1. The van der Waals surface area contributed by atoms with Gasteiger partial charge in [-0.1, -0.05) is 12.1 Å². The van der Waals surface area contributed by atoms with E-state index in [1.165, 1.54) is 6.20 Å². The third-order valence-electron chi connectivity index (χ3n) is 4.65. The Bertz CT molecular complexity index is 998. The van der Waals surface area contributed by atoms with Crippen LogP contribution < -0.4 is 0 Å². The van der Waals surface area contributed by atoms with Crippen LogP contribution in [0.4, 0.5) is 0 Å². The summed E-state index contributed by atoms with van der Waals surface area (Å²) in [7, 11) is 1.73. The van der Waals surface area contributed by atoms with E-state index in [2.05, 4.69) is 5.16 Å². The zero-order chi connectivity index (χ0) is 20.3. The number of aryl methyl sites for hydroxylation is 2. The molecule has 146 valence electrons. The molecule has 0 atom stereocenters. The number of nitrogens with zero attached hydrogens (tertiary/aromatic N) is 2. The number of Topliss-reactive ketones (excluding diaryl/α,β-unsaturated/α-hetero) is 1. The predicted octanol–water partition coefficient (Wildman–Crippen LogP) is 3.39. The van der Waals surface area contributed by atoms with Gasteiger partial charge in [0.25, 0.3) is 0 Å². The highest BCUT2D eigenvalue weighted by Crippen LogP contribution is 2.29. The fourth-order valence-corrected chi connectivity index (χ4v) is 3.27. The first kappa shape index (κ1) is 19.4. The molecule has 28 heavy (non-hydrogen) atoms. The molecular weight excluding hydrogens is 360 g/mol. The molecule has 7 nitrogen and oxygen atoms in total. The van der Waals surface area contributed by atoms with Gasteiger partial charge in [0.05, 0.1) is 11.3 Å². The first-order chi connectivity index (χ1) is 13.4. The first-order valence-electron chi connectivity index (χ1n) is 9.05. The monoisotopic (exact) mass is 382 g/mol. The molecule has 0 spiro atoms. The van der Waals surface area contributed by atoms with Crippen molar-refractivity contribution in [2.45, 2.75) is 32.6 Å².